The number of aryl methyl sites for hydroxylation is 2. The number of benzene rings is 3. The monoisotopic (exact) mass is 505 g/mol. The van der Waals surface area contributed by atoms with Crippen molar-refractivity contribution in [3.05, 3.63) is 65.2 Å². The number of thiocarbonyl (C=S) groups is 1. The molecular weight excluding hydrogens is 478 g/mol. The Bertz CT molecular complexity index is 1410. The summed E-state index contributed by atoms with van der Waals surface area (Å²) in [5.41, 5.74) is 5.50. The molecule has 2 N–H and O–H groups in total. The third-order valence-corrected chi connectivity index (χ3v) is 5.91. The minimum atomic E-state index is -0.424. The second kappa shape index (κ2) is 10.6. The van der Waals surface area contributed by atoms with Gasteiger partial charge in [0.1, 0.15) is 11.0 Å². The van der Waals surface area contributed by atoms with E-state index >= 15 is 0 Å². The van der Waals surface area contributed by atoms with Crippen LogP contribution in [-0.4, -0.2) is 47.3 Å². The van der Waals surface area contributed by atoms with Crippen LogP contribution in [0.4, 0.5) is 5.69 Å². The molecule has 3 aromatic carbocycles. The number of carbonyl (C=O) groups is 1. The quantitative estimate of drug-likeness (QED) is 0.356. The SMILES string of the molecule is CCc1ccc(-n2nc3cc(C)c(NC(=S)NC(=O)c4cc(OC)c(OC)c(OC)c4)cc3n2)cc1. The maximum absolute atomic E-state index is 12.9. The predicted molar refractivity (Wildman–Crippen MR) is 143 cm³/mol. The van der Waals surface area contributed by atoms with Crippen molar-refractivity contribution in [3.8, 4) is 22.9 Å². The Morgan fingerprint density at radius 2 is 1.56 bits per heavy atom. The van der Waals surface area contributed by atoms with Crippen molar-refractivity contribution < 1.29 is 19.0 Å². The molecule has 186 valence electrons. The third-order valence-electron chi connectivity index (χ3n) is 5.70. The topological polar surface area (TPSA) is 99.5 Å². The highest BCUT2D eigenvalue weighted by Crippen LogP contribution is 2.38. The average Bonchev–Trinajstić information content (AvgIpc) is 3.30. The molecule has 0 bridgehead atoms. The fourth-order valence-corrected chi connectivity index (χ4v) is 3.93. The predicted octanol–water partition coefficient (Wildman–Crippen LogP) is 4.44. The van der Waals surface area contributed by atoms with Crippen LogP contribution in [0.25, 0.3) is 16.7 Å². The molecule has 0 radical (unpaired) electrons. The summed E-state index contributed by atoms with van der Waals surface area (Å²) < 4.78 is 16.0. The van der Waals surface area contributed by atoms with Gasteiger partial charge in [-0.2, -0.15) is 4.80 Å². The van der Waals surface area contributed by atoms with Crippen LogP contribution in [0.15, 0.2) is 48.5 Å². The molecule has 0 atom stereocenters. The number of amides is 1. The van der Waals surface area contributed by atoms with Gasteiger partial charge in [0.05, 0.1) is 27.0 Å². The van der Waals surface area contributed by atoms with Gasteiger partial charge in [0, 0.05) is 11.3 Å². The summed E-state index contributed by atoms with van der Waals surface area (Å²) in [5, 5.41) is 15.1. The van der Waals surface area contributed by atoms with Crippen molar-refractivity contribution in [1.82, 2.24) is 20.3 Å². The number of anilines is 1. The number of nitrogens with one attached hydrogen (secondary N) is 2. The van der Waals surface area contributed by atoms with Gasteiger partial charge in [0.15, 0.2) is 16.6 Å². The van der Waals surface area contributed by atoms with Crippen LogP contribution in [0, 0.1) is 6.92 Å². The van der Waals surface area contributed by atoms with Crippen molar-refractivity contribution in [1.29, 1.82) is 0 Å². The second-order valence-electron chi connectivity index (χ2n) is 7.99. The fraction of sp³-hybridized carbons (Fsp3) is 0.231. The molecule has 0 saturated heterocycles. The second-order valence-corrected chi connectivity index (χ2v) is 8.40. The molecule has 1 aromatic heterocycles. The summed E-state index contributed by atoms with van der Waals surface area (Å²) in [4.78, 5) is 14.5. The van der Waals surface area contributed by atoms with Crippen molar-refractivity contribution in [3.63, 3.8) is 0 Å². The van der Waals surface area contributed by atoms with Crippen molar-refractivity contribution in [2.45, 2.75) is 20.3 Å². The van der Waals surface area contributed by atoms with Gasteiger partial charge in [0.2, 0.25) is 5.75 Å². The molecule has 10 heteroatoms. The molecule has 0 aliphatic heterocycles. The third kappa shape index (κ3) is 5.08. The van der Waals surface area contributed by atoms with Crippen LogP contribution >= 0.6 is 12.2 Å². The molecule has 4 rings (SSSR count). The van der Waals surface area contributed by atoms with E-state index in [9.17, 15) is 4.79 Å². The van der Waals surface area contributed by atoms with Gasteiger partial charge >= 0.3 is 0 Å². The first-order valence-electron chi connectivity index (χ1n) is 11.3. The highest BCUT2D eigenvalue weighted by Gasteiger charge is 2.18. The molecule has 1 heterocycles. The number of aromatic nitrogens is 3. The maximum Gasteiger partial charge on any atom is 0.257 e. The number of methoxy groups -OCH3 is 3. The van der Waals surface area contributed by atoms with Crippen LogP contribution in [-0.2, 0) is 6.42 Å². The molecule has 0 spiro atoms. The molecule has 4 aromatic rings. The summed E-state index contributed by atoms with van der Waals surface area (Å²) in [5.74, 6) is 0.715. The van der Waals surface area contributed by atoms with E-state index in [1.54, 1.807) is 16.9 Å². The lowest BCUT2D eigenvalue weighted by Gasteiger charge is -2.15. The first kappa shape index (κ1) is 24.9. The Labute approximate surface area is 214 Å². The van der Waals surface area contributed by atoms with Gasteiger partial charge in [0.25, 0.3) is 5.91 Å². The van der Waals surface area contributed by atoms with E-state index in [2.05, 4.69) is 39.9 Å². The number of rotatable bonds is 7. The zero-order valence-electron chi connectivity index (χ0n) is 20.7. The Kier molecular flexibility index (Phi) is 7.35. The molecule has 0 aliphatic carbocycles. The van der Waals surface area contributed by atoms with Crippen LogP contribution in [0.2, 0.25) is 0 Å². The summed E-state index contributed by atoms with van der Waals surface area (Å²) in [6, 6.07) is 15.0. The van der Waals surface area contributed by atoms with E-state index < -0.39 is 5.91 Å². The van der Waals surface area contributed by atoms with E-state index in [0.717, 1.165) is 23.2 Å². The lowest BCUT2D eigenvalue weighted by Crippen LogP contribution is -2.34. The highest BCUT2D eigenvalue weighted by molar-refractivity contribution is 7.80. The summed E-state index contributed by atoms with van der Waals surface area (Å²) >= 11 is 5.40. The number of nitrogens with zero attached hydrogens (tertiary/aromatic N) is 3. The standard InChI is InChI=1S/C26H27N5O4S/c1-6-16-7-9-18(10-8-16)31-29-20-11-15(2)19(14-21(20)30-31)27-26(36)28-25(32)17-12-22(33-3)24(35-5)23(13-17)34-4/h7-14H,6H2,1-5H3,(H2,27,28,32,36). The Morgan fingerprint density at radius 3 is 2.11 bits per heavy atom. The van der Waals surface area contributed by atoms with Crippen molar-refractivity contribution in [2.24, 2.45) is 0 Å². The molecule has 0 saturated carbocycles. The van der Waals surface area contributed by atoms with Gasteiger partial charge in [-0.15, -0.1) is 10.2 Å². The fourth-order valence-electron chi connectivity index (χ4n) is 3.72. The summed E-state index contributed by atoms with van der Waals surface area (Å²) in [7, 11) is 4.47. The molecule has 1 amide bonds. The number of ether oxygens (including phenoxy) is 3. The highest BCUT2D eigenvalue weighted by atomic mass is 32.1. The summed E-state index contributed by atoms with van der Waals surface area (Å²) in [6.45, 7) is 4.05. The molecule has 36 heavy (non-hydrogen) atoms. The van der Waals surface area contributed by atoms with E-state index in [1.165, 1.54) is 26.9 Å². The van der Waals surface area contributed by atoms with E-state index in [0.29, 0.717) is 34.0 Å². The first-order valence-corrected chi connectivity index (χ1v) is 11.7. The van der Waals surface area contributed by atoms with Crippen LogP contribution in [0.3, 0.4) is 0 Å². The first-order chi connectivity index (χ1) is 17.4. The average molecular weight is 506 g/mol. The Morgan fingerprint density at radius 1 is 0.944 bits per heavy atom. The molecular formula is C26H27N5O4S. The Hall–Kier alpha value is -4.18. The molecule has 0 fully saturated rings. The number of fused-ring (bicyclic) bond motifs is 1. The van der Waals surface area contributed by atoms with Crippen LogP contribution in [0.1, 0.15) is 28.4 Å². The smallest absolute Gasteiger partial charge is 0.257 e. The zero-order chi connectivity index (χ0) is 25.8. The summed E-state index contributed by atoms with van der Waals surface area (Å²) in [6.07, 6.45) is 0.971. The Balaban J connectivity index is 1.52. The van der Waals surface area contributed by atoms with Gasteiger partial charge in [-0.1, -0.05) is 19.1 Å². The molecule has 9 nitrogen and oxygen atoms in total. The number of carbonyl (C=O) groups excluding carboxylic acids is 1. The number of hydrogen-bond acceptors (Lipinski definition) is 7. The van der Waals surface area contributed by atoms with Gasteiger partial charge in [-0.3, -0.25) is 10.1 Å². The normalized spacial score (nSPS) is 10.7. The van der Waals surface area contributed by atoms with Gasteiger partial charge in [-0.05, 0) is 73.1 Å². The van der Waals surface area contributed by atoms with Crippen LogP contribution in [0.5, 0.6) is 17.2 Å². The minimum absolute atomic E-state index is 0.138. The van der Waals surface area contributed by atoms with Crippen molar-refractivity contribution in [2.75, 3.05) is 26.6 Å². The minimum Gasteiger partial charge on any atom is -0.493 e. The largest absolute Gasteiger partial charge is 0.493 e. The van der Waals surface area contributed by atoms with Gasteiger partial charge < -0.3 is 19.5 Å². The molecule has 0 unspecified atom stereocenters. The maximum atomic E-state index is 12.9. The number of hydrogen-bond donors (Lipinski definition) is 2. The van der Waals surface area contributed by atoms with Gasteiger partial charge in [-0.25, -0.2) is 0 Å². The van der Waals surface area contributed by atoms with Crippen molar-refractivity contribution >= 4 is 40.0 Å². The van der Waals surface area contributed by atoms with E-state index in [4.69, 9.17) is 26.4 Å². The lowest BCUT2D eigenvalue weighted by atomic mass is 10.1. The van der Waals surface area contributed by atoms with E-state index in [1.807, 2.05) is 31.2 Å². The van der Waals surface area contributed by atoms with Crippen LogP contribution < -0.4 is 24.8 Å². The van der Waals surface area contributed by atoms with E-state index in [-0.39, 0.29) is 5.11 Å². The zero-order valence-corrected chi connectivity index (χ0v) is 21.5. The molecule has 0 aliphatic rings. The lowest BCUT2D eigenvalue weighted by molar-refractivity contribution is 0.0977.